The number of amides is 4. The van der Waals surface area contributed by atoms with Gasteiger partial charge in [0, 0.05) is 5.69 Å². The Bertz CT molecular complexity index is 1060. The van der Waals surface area contributed by atoms with Crippen molar-refractivity contribution >= 4 is 23.5 Å². The van der Waals surface area contributed by atoms with Gasteiger partial charge in [0.15, 0.2) is 11.5 Å². The number of rotatable bonds is 6. The van der Waals surface area contributed by atoms with Crippen LogP contribution in [0.25, 0.3) is 0 Å². The molecule has 2 heterocycles. The van der Waals surface area contributed by atoms with Gasteiger partial charge in [0.25, 0.3) is 5.91 Å². The largest absolute Gasteiger partial charge is 0.486 e. The molecule has 2 aromatic rings. The molecule has 0 radical (unpaired) electrons. The number of anilines is 1. The molecule has 1 unspecified atom stereocenters. The second-order valence-corrected chi connectivity index (χ2v) is 7.26. The number of urea groups is 1. The van der Waals surface area contributed by atoms with Gasteiger partial charge in [-0.15, -0.1) is 0 Å². The van der Waals surface area contributed by atoms with E-state index in [0.717, 1.165) is 4.90 Å². The Morgan fingerprint density at radius 3 is 2.53 bits per heavy atom. The first kappa shape index (κ1) is 21.3. The summed E-state index contributed by atoms with van der Waals surface area (Å²) in [5, 5.41) is 5.13. The third-order valence-corrected chi connectivity index (χ3v) is 5.06. The molecule has 32 heavy (non-hydrogen) atoms. The highest BCUT2D eigenvalue weighted by molar-refractivity contribution is 6.10. The molecule has 2 N–H and O–H groups in total. The van der Waals surface area contributed by atoms with Crippen LogP contribution in [0.4, 0.5) is 19.3 Å². The number of nitrogens with one attached hydrogen (secondary N) is 2. The SMILES string of the molecule is CC1(c2ccc3c(c2)OCCO3)NC(=O)N(CC(=O)Nc2ccc(OC(F)F)cc2)C1=O. The lowest BCUT2D eigenvalue weighted by molar-refractivity contribution is -0.133. The predicted molar refractivity (Wildman–Crippen MR) is 107 cm³/mol. The summed E-state index contributed by atoms with van der Waals surface area (Å²) in [6.07, 6.45) is 0. The van der Waals surface area contributed by atoms with E-state index in [2.05, 4.69) is 15.4 Å². The topological polar surface area (TPSA) is 106 Å². The number of carbonyl (C=O) groups excluding carboxylic acids is 3. The van der Waals surface area contributed by atoms with Crippen molar-refractivity contribution in [2.24, 2.45) is 0 Å². The number of hydrogen-bond acceptors (Lipinski definition) is 6. The number of fused-ring (bicyclic) bond motifs is 1. The van der Waals surface area contributed by atoms with Gasteiger partial charge in [-0.25, -0.2) is 4.79 Å². The molecule has 0 saturated carbocycles. The molecule has 0 bridgehead atoms. The zero-order valence-electron chi connectivity index (χ0n) is 16.9. The van der Waals surface area contributed by atoms with Crippen LogP contribution in [-0.2, 0) is 15.1 Å². The quantitative estimate of drug-likeness (QED) is 0.659. The van der Waals surface area contributed by atoms with Crippen molar-refractivity contribution in [2.45, 2.75) is 19.1 Å². The monoisotopic (exact) mass is 447 g/mol. The van der Waals surface area contributed by atoms with Crippen LogP contribution >= 0.6 is 0 Å². The molecule has 0 aliphatic carbocycles. The van der Waals surface area contributed by atoms with Crippen LogP contribution < -0.4 is 24.8 Å². The summed E-state index contributed by atoms with van der Waals surface area (Å²) in [6, 6.07) is 9.45. The normalized spacial score (nSPS) is 19.7. The molecular weight excluding hydrogens is 428 g/mol. The minimum Gasteiger partial charge on any atom is -0.486 e. The van der Waals surface area contributed by atoms with Crippen LogP contribution in [0.5, 0.6) is 17.2 Å². The standard InChI is InChI=1S/C21H19F2N3O6/c1-21(12-2-7-15-16(10-12)31-9-8-30-15)18(28)26(20(29)25-21)11-17(27)24-13-3-5-14(6-4-13)32-19(22)23/h2-7,10,19H,8-9,11H2,1H3,(H,24,27)(H,25,29). The van der Waals surface area contributed by atoms with Crippen molar-refractivity contribution < 1.29 is 37.4 Å². The third-order valence-electron chi connectivity index (χ3n) is 5.06. The first-order valence-corrected chi connectivity index (χ1v) is 9.65. The lowest BCUT2D eigenvalue weighted by Crippen LogP contribution is -2.42. The maximum Gasteiger partial charge on any atom is 0.387 e. The van der Waals surface area contributed by atoms with E-state index >= 15 is 0 Å². The highest BCUT2D eigenvalue weighted by atomic mass is 19.3. The van der Waals surface area contributed by atoms with Gasteiger partial charge in [-0.05, 0) is 48.9 Å². The Morgan fingerprint density at radius 1 is 1.16 bits per heavy atom. The van der Waals surface area contributed by atoms with Crippen LogP contribution in [0.2, 0.25) is 0 Å². The van der Waals surface area contributed by atoms with Crippen molar-refractivity contribution in [1.29, 1.82) is 0 Å². The summed E-state index contributed by atoms with van der Waals surface area (Å²) in [5.41, 5.74) is -0.613. The van der Waals surface area contributed by atoms with E-state index in [0.29, 0.717) is 36.0 Å². The van der Waals surface area contributed by atoms with E-state index in [9.17, 15) is 23.2 Å². The summed E-state index contributed by atoms with van der Waals surface area (Å²) in [7, 11) is 0. The molecule has 4 rings (SSSR count). The van der Waals surface area contributed by atoms with Gasteiger partial charge in [0.05, 0.1) is 0 Å². The maximum atomic E-state index is 13.0. The van der Waals surface area contributed by atoms with Crippen molar-refractivity contribution in [3.63, 3.8) is 0 Å². The van der Waals surface area contributed by atoms with Crippen LogP contribution in [0.15, 0.2) is 42.5 Å². The summed E-state index contributed by atoms with van der Waals surface area (Å²) in [4.78, 5) is 38.7. The number of carbonyl (C=O) groups is 3. The highest BCUT2D eigenvalue weighted by Crippen LogP contribution is 2.36. The third kappa shape index (κ3) is 4.13. The van der Waals surface area contributed by atoms with Gasteiger partial charge < -0.3 is 24.8 Å². The molecule has 1 saturated heterocycles. The van der Waals surface area contributed by atoms with E-state index in [4.69, 9.17) is 9.47 Å². The Hall–Kier alpha value is -3.89. The molecule has 1 fully saturated rings. The van der Waals surface area contributed by atoms with Gasteiger partial charge in [-0.1, -0.05) is 6.07 Å². The number of nitrogens with zero attached hydrogens (tertiary/aromatic N) is 1. The Labute approximate surface area is 181 Å². The van der Waals surface area contributed by atoms with E-state index in [1.54, 1.807) is 18.2 Å². The van der Waals surface area contributed by atoms with E-state index < -0.39 is 36.5 Å². The predicted octanol–water partition coefficient (Wildman–Crippen LogP) is 2.46. The van der Waals surface area contributed by atoms with Crippen molar-refractivity contribution in [3.05, 3.63) is 48.0 Å². The summed E-state index contributed by atoms with van der Waals surface area (Å²) < 4.78 is 39.7. The van der Waals surface area contributed by atoms with Gasteiger partial charge >= 0.3 is 12.6 Å². The Balaban J connectivity index is 1.44. The number of hydrogen-bond donors (Lipinski definition) is 2. The summed E-state index contributed by atoms with van der Waals surface area (Å²) in [5.74, 6) is -0.297. The molecule has 9 nitrogen and oxygen atoms in total. The average molecular weight is 447 g/mol. The van der Waals surface area contributed by atoms with E-state index in [-0.39, 0.29) is 5.75 Å². The smallest absolute Gasteiger partial charge is 0.387 e. The van der Waals surface area contributed by atoms with Crippen LogP contribution in [-0.4, -0.2) is 49.1 Å². The zero-order chi connectivity index (χ0) is 22.9. The average Bonchev–Trinajstić information content (AvgIpc) is 2.98. The molecule has 0 aromatic heterocycles. The van der Waals surface area contributed by atoms with Crippen LogP contribution in [0, 0.1) is 0 Å². The molecule has 0 spiro atoms. The van der Waals surface area contributed by atoms with E-state index in [1.165, 1.54) is 31.2 Å². The Morgan fingerprint density at radius 2 is 1.84 bits per heavy atom. The number of alkyl halides is 2. The second-order valence-electron chi connectivity index (χ2n) is 7.26. The fourth-order valence-electron chi connectivity index (χ4n) is 3.45. The first-order chi connectivity index (χ1) is 15.3. The number of halogens is 2. The Kier molecular flexibility index (Phi) is 5.56. The van der Waals surface area contributed by atoms with Gasteiger partial charge in [-0.3, -0.25) is 14.5 Å². The molecule has 11 heteroatoms. The highest BCUT2D eigenvalue weighted by Gasteiger charge is 2.49. The summed E-state index contributed by atoms with van der Waals surface area (Å²) in [6.45, 7) is -1.16. The van der Waals surface area contributed by atoms with Crippen molar-refractivity contribution in [1.82, 2.24) is 10.2 Å². The zero-order valence-corrected chi connectivity index (χ0v) is 16.9. The van der Waals surface area contributed by atoms with Gasteiger partial charge in [-0.2, -0.15) is 8.78 Å². The molecule has 2 aliphatic rings. The minimum absolute atomic E-state index is 0.0673. The molecule has 2 aromatic carbocycles. The number of ether oxygens (including phenoxy) is 3. The number of imide groups is 1. The van der Waals surface area contributed by atoms with Crippen molar-refractivity contribution in [2.75, 3.05) is 25.1 Å². The fourth-order valence-corrected chi connectivity index (χ4v) is 3.45. The molecule has 168 valence electrons. The molecule has 2 aliphatic heterocycles. The lowest BCUT2D eigenvalue weighted by Gasteiger charge is -2.25. The lowest BCUT2D eigenvalue weighted by atomic mass is 9.91. The van der Waals surface area contributed by atoms with E-state index in [1.807, 2.05) is 0 Å². The minimum atomic E-state index is -2.96. The molecule has 4 amide bonds. The number of benzene rings is 2. The van der Waals surface area contributed by atoms with Crippen molar-refractivity contribution in [3.8, 4) is 17.2 Å². The fraction of sp³-hybridized carbons (Fsp3) is 0.286. The van der Waals surface area contributed by atoms with Crippen LogP contribution in [0.1, 0.15) is 12.5 Å². The summed E-state index contributed by atoms with van der Waals surface area (Å²) >= 11 is 0. The molecular formula is C21H19F2N3O6. The van der Waals surface area contributed by atoms with Crippen LogP contribution in [0.3, 0.4) is 0 Å². The first-order valence-electron chi connectivity index (χ1n) is 9.65. The van der Waals surface area contributed by atoms with Gasteiger partial charge in [0.2, 0.25) is 5.91 Å². The second kappa shape index (κ2) is 8.33. The molecule has 1 atom stereocenters. The maximum absolute atomic E-state index is 13.0. The van der Waals surface area contributed by atoms with Gasteiger partial charge in [0.1, 0.15) is 31.0 Å².